The van der Waals surface area contributed by atoms with Gasteiger partial charge in [0.1, 0.15) is 17.4 Å². The number of halogens is 3. The topological polar surface area (TPSA) is 68.1 Å². The quantitative estimate of drug-likeness (QED) is 0.668. The highest BCUT2D eigenvalue weighted by molar-refractivity contribution is 6.32. The largest absolute Gasteiger partial charge is 0.489 e. The van der Waals surface area contributed by atoms with E-state index < -0.39 is 17.2 Å². The van der Waals surface area contributed by atoms with E-state index in [0.717, 1.165) is 5.39 Å². The summed E-state index contributed by atoms with van der Waals surface area (Å²) in [6.07, 6.45) is 3.24. The molecule has 4 nitrogen and oxygen atoms in total. The van der Waals surface area contributed by atoms with E-state index in [4.69, 9.17) is 22.1 Å². The zero-order valence-electron chi connectivity index (χ0n) is 15.0. The SMILES string of the molecule is N[C@]1(c2c(F)cccc2F)CC[C@@H](Oc2cc3cc[nH]c(=O)c3cc2Cl)CC1. The molecule has 28 heavy (non-hydrogen) atoms. The van der Waals surface area contributed by atoms with Gasteiger partial charge in [-0.25, -0.2) is 8.78 Å². The summed E-state index contributed by atoms with van der Waals surface area (Å²) in [4.78, 5) is 14.5. The third-order valence-electron chi connectivity index (χ3n) is 5.41. The van der Waals surface area contributed by atoms with Gasteiger partial charge in [0.25, 0.3) is 5.56 Å². The Balaban J connectivity index is 1.53. The molecule has 0 bridgehead atoms. The monoisotopic (exact) mass is 404 g/mol. The van der Waals surface area contributed by atoms with Crippen LogP contribution in [0.15, 0.2) is 47.4 Å². The minimum absolute atomic E-state index is 0.0589. The van der Waals surface area contributed by atoms with Crippen LogP contribution in [0.25, 0.3) is 10.8 Å². The van der Waals surface area contributed by atoms with Crippen LogP contribution in [0, 0.1) is 11.6 Å². The Bertz CT molecular complexity index is 1070. The lowest BCUT2D eigenvalue weighted by Crippen LogP contribution is -2.44. The number of rotatable bonds is 3. The fraction of sp³-hybridized carbons (Fsp3) is 0.286. The summed E-state index contributed by atoms with van der Waals surface area (Å²) in [6, 6.07) is 8.87. The van der Waals surface area contributed by atoms with Crippen LogP contribution in [-0.4, -0.2) is 11.1 Å². The van der Waals surface area contributed by atoms with Crippen molar-refractivity contribution in [1.29, 1.82) is 0 Å². The third-order valence-corrected chi connectivity index (χ3v) is 5.70. The van der Waals surface area contributed by atoms with Crippen molar-refractivity contribution >= 4 is 22.4 Å². The summed E-state index contributed by atoms with van der Waals surface area (Å²) >= 11 is 6.29. The summed E-state index contributed by atoms with van der Waals surface area (Å²) in [5, 5.41) is 1.55. The van der Waals surface area contributed by atoms with E-state index in [1.807, 2.05) is 0 Å². The summed E-state index contributed by atoms with van der Waals surface area (Å²) in [6.45, 7) is 0. The number of fused-ring (bicyclic) bond motifs is 1. The first-order valence-electron chi connectivity index (χ1n) is 9.08. The van der Waals surface area contributed by atoms with Crippen LogP contribution in [0.1, 0.15) is 31.2 Å². The van der Waals surface area contributed by atoms with Crippen LogP contribution < -0.4 is 16.0 Å². The molecule has 1 heterocycles. The number of benzene rings is 2. The molecule has 0 amide bonds. The Kier molecular flexibility index (Phi) is 4.85. The number of pyridine rings is 1. The highest BCUT2D eigenvalue weighted by Crippen LogP contribution is 2.39. The van der Waals surface area contributed by atoms with Crippen molar-refractivity contribution in [3.63, 3.8) is 0 Å². The highest BCUT2D eigenvalue weighted by atomic mass is 35.5. The average Bonchev–Trinajstić information content (AvgIpc) is 2.65. The maximum Gasteiger partial charge on any atom is 0.255 e. The molecule has 4 rings (SSSR count). The second-order valence-corrected chi connectivity index (χ2v) is 7.65. The highest BCUT2D eigenvalue weighted by Gasteiger charge is 2.38. The van der Waals surface area contributed by atoms with Crippen molar-refractivity contribution in [2.75, 3.05) is 0 Å². The maximum absolute atomic E-state index is 14.2. The van der Waals surface area contributed by atoms with Gasteiger partial charge in [0.2, 0.25) is 0 Å². The number of H-pyrrole nitrogens is 1. The van der Waals surface area contributed by atoms with E-state index in [9.17, 15) is 13.6 Å². The van der Waals surface area contributed by atoms with Crippen LogP contribution in [0.5, 0.6) is 5.75 Å². The van der Waals surface area contributed by atoms with Gasteiger partial charge in [-0.05, 0) is 61.4 Å². The number of ether oxygens (including phenoxy) is 1. The van der Waals surface area contributed by atoms with Gasteiger partial charge in [-0.1, -0.05) is 17.7 Å². The number of aromatic nitrogens is 1. The average molecular weight is 405 g/mol. The summed E-state index contributed by atoms with van der Waals surface area (Å²) in [5.41, 5.74) is 5.02. The number of nitrogens with one attached hydrogen (secondary N) is 1. The first-order chi connectivity index (χ1) is 13.4. The third kappa shape index (κ3) is 3.38. The number of aromatic amines is 1. The normalized spacial score (nSPS) is 22.4. The van der Waals surface area contributed by atoms with Crippen molar-refractivity contribution in [3.05, 3.63) is 75.2 Å². The van der Waals surface area contributed by atoms with E-state index in [-0.39, 0.29) is 17.2 Å². The van der Waals surface area contributed by atoms with Crippen LogP contribution in [0.4, 0.5) is 8.78 Å². The van der Waals surface area contributed by atoms with Crippen molar-refractivity contribution in [2.24, 2.45) is 5.73 Å². The second-order valence-electron chi connectivity index (χ2n) is 7.25. The minimum atomic E-state index is -1.06. The predicted molar refractivity (Wildman–Crippen MR) is 105 cm³/mol. The Labute approximate surface area is 165 Å². The van der Waals surface area contributed by atoms with Gasteiger partial charge in [0.05, 0.1) is 11.1 Å². The van der Waals surface area contributed by atoms with Crippen molar-refractivity contribution in [1.82, 2.24) is 4.98 Å². The van der Waals surface area contributed by atoms with Crippen molar-refractivity contribution in [3.8, 4) is 5.75 Å². The molecular weight excluding hydrogens is 386 g/mol. The second kappa shape index (κ2) is 7.18. The number of nitrogens with two attached hydrogens (primary N) is 1. The lowest BCUT2D eigenvalue weighted by molar-refractivity contribution is 0.115. The molecule has 0 saturated heterocycles. The van der Waals surface area contributed by atoms with Crippen molar-refractivity contribution in [2.45, 2.75) is 37.3 Å². The molecule has 0 aliphatic heterocycles. The van der Waals surface area contributed by atoms with E-state index in [1.165, 1.54) is 18.2 Å². The molecule has 1 fully saturated rings. The Morgan fingerprint density at radius 1 is 1.14 bits per heavy atom. The Morgan fingerprint density at radius 2 is 1.82 bits per heavy atom. The first kappa shape index (κ1) is 18.9. The molecule has 1 saturated carbocycles. The lowest BCUT2D eigenvalue weighted by Gasteiger charge is -2.38. The van der Waals surface area contributed by atoms with E-state index in [1.54, 1.807) is 24.4 Å². The molecular formula is C21H19ClF2N2O2. The molecule has 146 valence electrons. The molecule has 3 aromatic rings. The van der Waals surface area contributed by atoms with E-state index in [2.05, 4.69) is 4.98 Å². The van der Waals surface area contributed by atoms with E-state index >= 15 is 0 Å². The molecule has 0 atom stereocenters. The number of hydrogen-bond donors (Lipinski definition) is 2. The molecule has 1 aliphatic rings. The van der Waals surface area contributed by atoms with Gasteiger partial charge in [-0.2, -0.15) is 0 Å². The molecule has 7 heteroatoms. The number of hydrogen-bond acceptors (Lipinski definition) is 3. The van der Waals surface area contributed by atoms with Crippen molar-refractivity contribution < 1.29 is 13.5 Å². The minimum Gasteiger partial charge on any atom is -0.489 e. The summed E-state index contributed by atoms with van der Waals surface area (Å²) in [7, 11) is 0. The molecule has 3 N–H and O–H groups in total. The van der Waals surface area contributed by atoms with Gasteiger partial charge in [-0.3, -0.25) is 4.79 Å². The van der Waals surface area contributed by atoms with E-state index in [0.29, 0.717) is 41.8 Å². The molecule has 2 aromatic carbocycles. The summed E-state index contributed by atoms with van der Waals surface area (Å²) < 4.78 is 34.4. The zero-order chi connectivity index (χ0) is 19.9. The van der Waals surface area contributed by atoms with Gasteiger partial charge >= 0.3 is 0 Å². The fourth-order valence-corrected chi connectivity index (χ4v) is 4.11. The van der Waals surface area contributed by atoms with Gasteiger partial charge in [-0.15, -0.1) is 0 Å². The first-order valence-corrected chi connectivity index (χ1v) is 9.46. The van der Waals surface area contributed by atoms with Crippen LogP contribution >= 0.6 is 11.6 Å². The van der Waals surface area contributed by atoms with Gasteiger partial charge in [0.15, 0.2) is 0 Å². The van der Waals surface area contributed by atoms with Crippen LogP contribution in [0.2, 0.25) is 5.02 Å². The fourth-order valence-electron chi connectivity index (χ4n) is 3.91. The molecule has 0 radical (unpaired) electrons. The van der Waals surface area contributed by atoms with Gasteiger partial charge in [0, 0.05) is 22.7 Å². The molecule has 1 aromatic heterocycles. The van der Waals surface area contributed by atoms with Crippen LogP contribution in [0.3, 0.4) is 0 Å². The Morgan fingerprint density at radius 3 is 2.50 bits per heavy atom. The zero-order valence-corrected chi connectivity index (χ0v) is 15.7. The van der Waals surface area contributed by atoms with Crippen LogP contribution in [-0.2, 0) is 5.54 Å². The standard InChI is InChI=1S/C21H19ClF2N2O2/c22-15-11-14-12(6-9-26-20(14)27)10-18(15)28-13-4-7-21(25,8-5-13)19-16(23)2-1-3-17(19)24/h1-3,6,9-11,13H,4-5,7-8,25H2,(H,26,27)/t13-,21-. The smallest absolute Gasteiger partial charge is 0.255 e. The summed E-state index contributed by atoms with van der Waals surface area (Å²) in [5.74, 6) is -0.763. The molecule has 0 unspecified atom stereocenters. The maximum atomic E-state index is 14.2. The molecule has 1 aliphatic carbocycles. The molecule has 0 spiro atoms. The lowest BCUT2D eigenvalue weighted by atomic mass is 9.76. The Hall–Kier alpha value is -2.44. The predicted octanol–water partition coefficient (Wildman–Crippen LogP) is 4.64. The van der Waals surface area contributed by atoms with Gasteiger partial charge < -0.3 is 15.5 Å².